The van der Waals surface area contributed by atoms with Crippen molar-refractivity contribution in [2.75, 3.05) is 26.9 Å². The van der Waals surface area contributed by atoms with E-state index in [0.29, 0.717) is 31.6 Å². The number of nitro benzene ring substituents is 1. The zero-order valence-corrected chi connectivity index (χ0v) is 14.0. The quantitative estimate of drug-likeness (QED) is 0.587. The number of ether oxygens (including phenoxy) is 2. The van der Waals surface area contributed by atoms with Crippen molar-refractivity contribution in [1.29, 1.82) is 0 Å². The maximum atomic E-state index is 12.4. The van der Waals surface area contributed by atoms with E-state index in [9.17, 15) is 24.8 Å². The first-order chi connectivity index (χ1) is 11.8. The summed E-state index contributed by atoms with van der Waals surface area (Å²) in [5.74, 6) is -1.37. The third-order valence-electron chi connectivity index (χ3n) is 4.50. The summed E-state index contributed by atoms with van der Waals surface area (Å²) in [5, 5.41) is 23.2. The van der Waals surface area contributed by atoms with Crippen LogP contribution >= 0.6 is 0 Å². The maximum absolute atomic E-state index is 12.4. The average Bonchev–Trinajstić information content (AvgIpc) is 2.60. The van der Waals surface area contributed by atoms with Crippen LogP contribution in [0, 0.1) is 22.5 Å². The predicted molar refractivity (Wildman–Crippen MR) is 86.8 cm³/mol. The van der Waals surface area contributed by atoms with Gasteiger partial charge in [-0.05, 0) is 25.8 Å². The van der Waals surface area contributed by atoms with E-state index in [1.807, 2.05) is 0 Å². The van der Waals surface area contributed by atoms with Crippen molar-refractivity contribution in [2.24, 2.45) is 5.41 Å². The number of aliphatic carboxylic acids is 1. The largest absolute Gasteiger partial charge is 0.496 e. The highest BCUT2D eigenvalue weighted by atomic mass is 16.6. The second-order valence-corrected chi connectivity index (χ2v) is 5.96. The molecule has 1 saturated heterocycles. The molecular weight excluding hydrogens is 332 g/mol. The Morgan fingerprint density at radius 3 is 2.56 bits per heavy atom. The number of nitrogens with one attached hydrogen (secondary N) is 1. The van der Waals surface area contributed by atoms with Crippen LogP contribution in [-0.4, -0.2) is 48.8 Å². The van der Waals surface area contributed by atoms with E-state index in [1.54, 1.807) is 0 Å². The molecule has 0 aromatic heterocycles. The SMILES string of the molecule is COc1cc(C(=O)NCC2(C(=O)O)CCOCC2)cc([N+](=O)[O-])c1C. The summed E-state index contributed by atoms with van der Waals surface area (Å²) in [6.45, 7) is 2.08. The van der Waals surface area contributed by atoms with Gasteiger partial charge in [-0.25, -0.2) is 0 Å². The van der Waals surface area contributed by atoms with Crippen LogP contribution in [0.5, 0.6) is 5.75 Å². The lowest BCUT2D eigenvalue weighted by molar-refractivity contribution is -0.385. The Hall–Kier alpha value is -2.68. The fourth-order valence-electron chi connectivity index (χ4n) is 2.79. The van der Waals surface area contributed by atoms with Crippen LogP contribution in [0.2, 0.25) is 0 Å². The Labute approximate surface area is 144 Å². The Morgan fingerprint density at radius 1 is 1.40 bits per heavy atom. The fraction of sp³-hybridized carbons (Fsp3) is 0.500. The van der Waals surface area contributed by atoms with E-state index in [1.165, 1.54) is 20.1 Å². The number of carbonyl (C=O) groups is 2. The molecule has 0 radical (unpaired) electrons. The number of methoxy groups -OCH3 is 1. The molecule has 2 rings (SSSR count). The van der Waals surface area contributed by atoms with Crippen LogP contribution in [0.4, 0.5) is 5.69 Å². The van der Waals surface area contributed by atoms with Gasteiger partial charge in [0.2, 0.25) is 0 Å². The van der Waals surface area contributed by atoms with Gasteiger partial charge in [-0.3, -0.25) is 19.7 Å². The number of carboxylic acid groups (broad SMARTS) is 1. The molecule has 25 heavy (non-hydrogen) atoms. The highest BCUT2D eigenvalue weighted by molar-refractivity contribution is 5.96. The van der Waals surface area contributed by atoms with Gasteiger partial charge in [-0.15, -0.1) is 0 Å². The van der Waals surface area contributed by atoms with Crippen LogP contribution in [0.1, 0.15) is 28.8 Å². The predicted octanol–water partition coefficient (Wildman–Crippen LogP) is 1.52. The van der Waals surface area contributed by atoms with E-state index < -0.39 is 22.2 Å². The summed E-state index contributed by atoms with van der Waals surface area (Å²) in [5.41, 5.74) is -0.963. The molecule has 136 valence electrons. The molecule has 1 aromatic rings. The number of hydrogen-bond acceptors (Lipinski definition) is 6. The van der Waals surface area contributed by atoms with Gasteiger partial charge in [0.05, 0.1) is 23.0 Å². The van der Waals surface area contributed by atoms with E-state index in [2.05, 4.69) is 5.32 Å². The molecule has 1 aliphatic heterocycles. The lowest BCUT2D eigenvalue weighted by atomic mass is 9.80. The zero-order valence-electron chi connectivity index (χ0n) is 14.0. The number of nitrogens with zero attached hydrogens (tertiary/aromatic N) is 1. The monoisotopic (exact) mass is 352 g/mol. The minimum atomic E-state index is -1.09. The van der Waals surface area contributed by atoms with E-state index in [4.69, 9.17) is 9.47 Å². The Bertz CT molecular complexity index is 696. The van der Waals surface area contributed by atoms with E-state index in [0.717, 1.165) is 6.07 Å². The highest BCUT2D eigenvalue weighted by Crippen LogP contribution is 2.31. The van der Waals surface area contributed by atoms with Crippen LogP contribution < -0.4 is 10.1 Å². The van der Waals surface area contributed by atoms with Gasteiger partial charge < -0.3 is 19.9 Å². The highest BCUT2D eigenvalue weighted by Gasteiger charge is 2.40. The molecule has 0 atom stereocenters. The third kappa shape index (κ3) is 3.87. The van der Waals surface area contributed by atoms with Crippen LogP contribution in [0.3, 0.4) is 0 Å². The lowest BCUT2D eigenvalue weighted by Crippen LogP contribution is -2.46. The molecule has 1 fully saturated rings. The zero-order chi connectivity index (χ0) is 18.6. The molecule has 9 nitrogen and oxygen atoms in total. The number of nitro groups is 1. The normalized spacial score (nSPS) is 16.1. The van der Waals surface area contributed by atoms with Crippen molar-refractivity contribution >= 4 is 17.6 Å². The maximum Gasteiger partial charge on any atom is 0.311 e. The Balaban J connectivity index is 2.21. The summed E-state index contributed by atoms with van der Waals surface area (Å²) < 4.78 is 10.3. The average molecular weight is 352 g/mol. The Morgan fingerprint density at radius 2 is 2.04 bits per heavy atom. The summed E-state index contributed by atoms with van der Waals surface area (Å²) in [7, 11) is 1.36. The first-order valence-corrected chi connectivity index (χ1v) is 7.73. The van der Waals surface area contributed by atoms with Gasteiger partial charge in [-0.1, -0.05) is 0 Å². The molecule has 0 spiro atoms. The summed E-state index contributed by atoms with van der Waals surface area (Å²) in [6, 6.07) is 2.56. The molecule has 0 unspecified atom stereocenters. The molecule has 1 aromatic carbocycles. The van der Waals surface area contributed by atoms with E-state index >= 15 is 0 Å². The molecule has 2 N–H and O–H groups in total. The molecule has 1 amide bonds. The lowest BCUT2D eigenvalue weighted by Gasteiger charge is -2.33. The summed E-state index contributed by atoms with van der Waals surface area (Å²) >= 11 is 0. The standard InChI is InChI=1S/C16H20N2O7/c1-10-12(18(22)23)7-11(8-13(10)24-2)14(19)17-9-16(15(20)21)3-5-25-6-4-16/h7-8H,3-6,9H2,1-2H3,(H,17,19)(H,20,21). The van der Waals surface area contributed by atoms with Crippen molar-refractivity contribution in [3.8, 4) is 5.75 Å². The van der Waals surface area contributed by atoms with E-state index in [-0.39, 0.29) is 23.5 Å². The van der Waals surface area contributed by atoms with Crippen LogP contribution in [0.25, 0.3) is 0 Å². The second-order valence-electron chi connectivity index (χ2n) is 5.96. The van der Waals surface area contributed by atoms with Crippen molar-refractivity contribution in [1.82, 2.24) is 5.32 Å². The minimum Gasteiger partial charge on any atom is -0.496 e. The third-order valence-corrected chi connectivity index (χ3v) is 4.50. The smallest absolute Gasteiger partial charge is 0.311 e. The summed E-state index contributed by atoms with van der Waals surface area (Å²) in [4.78, 5) is 34.5. The van der Waals surface area contributed by atoms with Gasteiger partial charge in [0, 0.05) is 31.4 Å². The molecule has 1 aliphatic rings. The molecular formula is C16H20N2O7. The fourth-order valence-corrected chi connectivity index (χ4v) is 2.79. The van der Waals surface area contributed by atoms with Gasteiger partial charge >= 0.3 is 5.97 Å². The van der Waals surface area contributed by atoms with Crippen molar-refractivity contribution in [3.63, 3.8) is 0 Å². The van der Waals surface area contributed by atoms with Crippen molar-refractivity contribution in [2.45, 2.75) is 19.8 Å². The molecule has 0 saturated carbocycles. The van der Waals surface area contributed by atoms with Gasteiger partial charge in [0.15, 0.2) is 0 Å². The van der Waals surface area contributed by atoms with Crippen LogP contribution in [0.15, 0.2) is 12.1 Å². The van der Waals surface area contributed by atoms with Crippen molar-refractivity contribution < 1.29 is 29.1 Å². The van der Waals surface area contributed by atoms with Gasteiger partial charge in [-0.2, -0.15) is 0 Å². The minimum absolute atomic E-state index is 0.0433. The number of hydrogen-bond donors (Lipinski definition) is 2. The molecule has 0 aliphatic carbocycles. The number of amides is 1. The first-order valence-electron chi connectivity index (χ1n) is 7.73. The second kappa shape index (κ2) is 7.47. The number of carboxylic acids is 1. The topological polar surface area (TPSA) is 128 Å². The number of rotatable bonds is 6. The Kier molecular flexibility index (Phi) is 5.58. The van der Waals surface area contributed by atoms with Gasteiger partial charge in [0.25, 0.3) is 11.6 Å². The van der Waals surface area contributed by atoms with Crippen molar-refractivity contribution in [3.05, 3.63) is 33.4 Å². The molecule has 9 heteroatoms. The number of benzene rings is 1. The molecule has 0 bridgehead atoms. The summed E-state index contributed by atoms with van der Waals surface area (Å²) in [6.07, 6.45) is 0.583. The van der Waals surface area contributed by atoms with Gasteiger partial charge in [0.1, 0.15) is 5.75 Å². The molecule has 1 heterocycles. The van der Waals surface area contributed by atoms with Crippen LogP contribution in [-0.2, 0) is 9.53 Å². The first kappa shape index (κ1) is 18.7. The number of carbonyl (C=O) groups excluding carboxylic acids is 1.